The second kappa shape index (κ2) is 12.5. The fourth-order valence-corrected chi connectivity index (χ4v) is 6.55. The Hall–Kier alpha value is -0.543. The molecule has 1 unspecified atom stereocenters. The highest BCUT2D eigenvalue weighted by molar-refractivity contribution is 6.74. The van der Waals surface area contributed by atoms with Gasteiger partial charge in [-0.3, -0.25) is 0 Å². The minimum atomic E-state index is -1.70. The molecule has 2 heterocycles. The number of ether oxygens (including phenoxy) is 5. The Labute approximate surface area is 221 Å². The van der Waals surface area contributed by atoms with Crippen LogP contribution in [0, 0.1) is 11.3 Å². The second-order valence-electron chi connectivity index (χ2n) is 12.7. The summed E-state index contributed by atoms with van der Waals surface area (Å²) >= 11 is 0. The van der Waals surface area contributed by atoms with E-state index in [-0.39, 0.29) is 29.0 Å². The largest absolute Gasteiger partial charge is 0.417 e. The van der Waals surface area contributed by atoms with E-state index in [1.165, 1.54) is 16.7 Å². The third-order valence-corrected chi connectivity index (χ3v) is 13.7. The van der Waals surface area contributed by atoms with Crippen LogP contribution in [0.2, 0.25) is 18.1 Å². The van der Waals surface area contributed by atoms with Crippen molar-refractivity contribution in [2.45, 2.75) is 110 Å². The van der Waals surface area contributed by atoms with Crippen molar-refractivity contribution in [3.8, 4) is 0 Å². The highest BCUT2D eigenvalue weighted by atomic mass is 28.4. The van der Waals surface area contributed by atoms with Crippen LogP contribution in [-0.4, -0.2) is 67.1 Å². The van der Waals surface area contributed by atoms with E-state index in [0.717, 1.165) is 38.7 Å². The van der Waals surface area contributed by atoms with E-state index in [4.69, 9.17) is 28.1 Å². The van der Waals surface area contributed by atoms with E-state index in [2.05, 4.69) is 60.7 Å². The normalized spacial score (nSPS) is 30.4. The summed E-state index contributed by atoms with van der Waals surface area (Å²) in [7, 11) is -0.00999. The van der Waals surface area contributed by atoms with Gasteiger partial charge in [-0.05, 0) is 79.6 Å². The molecule has 0 N–H and O–H groups in total. The number of rotatable bonds is 12. The van der Waals surface area contributed by atoms with Crippen molar-refractivity contribution in [3.63, 3.8) is 0 Å². The van der Waals surface area contributed by atoms with Gasteiger partial charge in [-0.1, -0.05) is 46.3 Å². The Bertz CT molecular complexity index is 779. The first-order chi connectivity index (χ1) is 16.9. The van der Waals surface area contributed by atoms with Gasteiger partial charge in [-0.25, -0.2) is 0 Å². The summed E-state index contributed by atoms with van der Waals surface area (Å²) < 4.78 is 35.8. The molecule has 0 bridgehead atoms. The number of allylic oxidation sites excluding steroid dienone is 1. The molecule has 6 nitrogen and oxygen atoms in total. The zero-order valence-corrected chi connectivity index (χ0v) is 25.4. The average molecular weight is 525 g/mol. The lowest BCUT2D eigenvalue weighted by Gasteiger charge is -2.44. The molecule has 1 fully saturated rings. The van der Waals surface area contributed by atoms with Crippen molar-refractivity contribution in [1.29, 1.82) is 0 Å². The van der Waals surface area contributed by atoms with Crippen LogP contribution >= 0.6 is 0 Å². The van der Waals surface area contributed by atoms with Gasteiger partial charge >= 0.3 is 0 Å². The molecule has 3 rings (SSSR count). The minimum absolute atomic E-state index is 0.0282. The minimum Gasteiger partial charge on any atom is -0.417 e. The van der Waals surface area contributed by atoms with Gasteiger partial charge in [-0.15, -0.1) is 0 Å². The van der Waals surface area contributed by atoms with E-state index < -0.39 is 8.32 Å². The summed E-state index contributed by atoms with van der Waals surface area (Å²) in [6.45, 7) is 21.7. The van der Waals surface area contributed by atoms with E-state index in [1.54, 1.807) is 7.11 Å². The van der Waals surface area contributed by atoms with Crippen LogP contribution in [0.1, 0.15) is 73.6 Å². The van der Waals surface area contributed by atoms with Crippen molar-refractivity contribution in [2.24, 2.45) is 11.3 Å². The van der Waals surface area contributed by atoms with Gasteiger partial charge in [0.1, 0.15) is 12.9 Å². The summed E-state index contributed by atoms with van der Waals surface area (Å²) in [5.74, 6) is 0.472. The lowest BCUT2D eigenvalue weighted by Crippen LogP contribution is -2.41. The molecule has 208 valence electrons. The van der Waals surface area contributed by atoms with Crippen LogP contribution in [0.25, 0.3) is 0 Å². The van der Waals surface area contributed by atoms with Crippen molar-refractivity contribution < 1.29 is 28.1 Å². The van der Waals surface area contributed by atoms with Gasteiger partial charge in [0.05, 0.1) is 25.9 Å². The van der Waals surface area contributed by atoms with Crippen molar-refractivity contribution in [3.05, 3.63) is 22.8 Å². The van der Waals surface area contributed by atoms with E-state index >= 15 is 0 Å². The second-order valence-corrected chi connectivity index (χ2v) is 17.5. The summed E-state index contributed by atoms with van der Waals surface area (Å²) in [6, 6.07) is 0. The van der Waals surface area contributed by atoms with Crippen LogP contribution in [0.3, 0.4) is 0 Å². The Balaban J connectivity index is 1.70. The molecule has 1 aliphatic carbocycles. The first kappa shape index (κ1) is 30.0. The van der Waals surface area contributed by atoms with Crippen LogP contribution in [0.5, 0.6) is 0 Å². The van der Waals surface area contributed by atoms with Gasteiger partial charge in [0.2, 0.25) is 0 Å². The lowest BCUT2D eigenvalue weighted by atomic mass is 9.62. The molecule has 0 aromatic heterocycles. The molecule has 36 heavy (non-hydrogen) atoms. The highest BCUT2D eigenvalue weighted by Crippen LogP contribution is 2.52. The van der Waals surface area contributed by atoms with Gasteiger partial charge in [-0.2, -0.15) is 0 Å². The third-order valence-electron chi connectivity index (χ3n) is 9.15. The number of methoxy groups -OCH3 is 1. The zero-order valence-electron chi connectivity index (χ0n) is 24.4. The molecule has 0 spiro atoms. The Morgan fingerprint density at radius 1 is 1.17 bits per heavy atom. The van der Waals surface area contributed by atoms with Crippen LogP contribution in [0.4, 0.5) is 0 Å². The van der Waals surface area contributed by atoms with Crippen molar-refractivity contribution in [2.75, 3.05) is 40.3 Å². The Morgan fingerprint density at radius 2 is 1.86 bits per heavy atom. The summed E-state index contributed by atoms with van der Waals surface area (Å²) in [4.78, 5) is 0. The SMILES string of the molecule is COCO[C@@H]1C[C@@H](C)[C@@](C)(CCC2OCCO2)C2=C1C(/C=C(\C)CCCO[Si](C)(C)C(C)(C)C)OC2. The molecule has 0 saturated carbocycles. The third kappa shape index (κ3) is 7.10. The average Bonchev–Trinajstić information content (AvgIpc) is 3.47. The summed E-state index contributed by atoms with van der Waals surface area (Å²) in [6.07, 6.45) is 7.20. The molecule has 2 aliphatic heterocycles. The predicted octanol–water partition coefficient (Wildman–Crippen LogP) is 6.62. The highest BCUT2D eigenvalue weighted by Gasteiger charge is 2.48. The first-order valence-corrected chi connectivity index (χ1v) is 16.8. The van der Waals surface area contributed by atoms with Crippen molar-refractivity contribution >= 4 is 8.32 Å². The maximum atomic E-state index is 6.44. The molecule has 0 amide bonds. The maximum absolute atomic E-state index is 6.44. The Kier molecular flexibility index (Phi) is 10.5. The van der Waals surface area contributed by atoms with Crippen molar-refractivity contribution in [1.82, 2.24) is 0 Å². The lowest BCUT2D eigenvalue weighted by molar-refractivity contribution is -0.0796. The fourth-order valence-electron chi connectivity index (χ4n) is 5.47. The maximum Gasteiger partial charge on any atom is 0.191 e. The molecule has 0 aromatic carbocycles. The van der Waals surface area contributed by atoms with E-state index in [0.29, 0.717) is 32.5 Å². The van der Waals surface area contributed by atoms with Gasteiger partial charge in [0.15, 0.2) is 14.6 Å². The van der Waals surface area contributed by atoms with E-state index in [9.17, 15) is 0 Å². The molecule has 0 radical (unpaired) electrons. The summed E-state index contributed by atoms with van der Waals surface area (Å²) in [5, 5.41) is 0.246. The van der Waals surface area contributed by atoms with Gasteiger partial charge in [0, 0.05) is 13.7 Å². The van der Waals surface area contributed by atoms with Gasteiger partial charge in [0.25, 0.3) is 0 Å². The monoisotopic (exact) mass is 524 g/mol. The van der Waals surface area contributed by atoms with Crippen LogP contribution in [-0.2, 0) is 28.1 Å². The molecule has 0 aromatic rings. The van der Waals surface area contributed by atoms with Crippen LogP contribution < -0.4 is 0 Å². The molecule has 4 atom stereocenters. The number of hydrogen-bond acceptors (Lipinski definition) is 6. The fraction of sp³-hybridized carbons (Fsp3) is 0.862. The molecule has 7 heteroatoms. The zero-order chi connectivity index (χ0) is 26.6. The quantitative estimate of drug-likeness (QED) is 0.124. The molecule has 1 saturated heterocycles. The first-order valence-electron chi connectivity index (χ1n) is 13.9. The smallest absolute Gasteiger partial charge is 0.191 e. The topological polar surface area (TPSA) is 55.4 Å². The summed E-state index contributed by atoms with van der Waals surface area (Å²) in [5.41, 5.74) is 4.13. The molecular formula is C29H52O6Si. The Morgan fingerprint density at radius 3 is 2.50 bits per heavy atom. The number of hydrogen-bond donors (Lipinski definition) is 0. The van der Waals surface area contributed by atoms with Gasteiger partial charge < -0.3 is 28.1 Å². The van der Waals surface area contributed by atoms with E-state index in [1.807, 2.05) is 0 Å². The predicted molar refractivity (Wildman–Crippen MR) is 146 cm³/mol. The standard InChI is InChI=1S/C29H52O6Si/c1-21(11-10-14-35-36(8,9)28(3,4)5)17-24-27-23(19-33-24)29(6,13-12-26-31-15-16-32-26)22(2)18-25(27)34-20-30-7/h17,22,24-26H,10-16,18-20H2,1-9H3/b21-17+/t22-,24?,25-,29-/m1/s1. The molecule has 3 aliphatic rings. The van der Waals surface area contributed by atoms with Crippen LogP contribution in [0.15, 0.2) is 22.8 Å². The molecular weight excluding hydrogens is 472 g/mol.